The SMILES string of the molecule is O=S(=O)(c1cccc(Cl)c1)N1CCN(CCCOC(c2ccc(Cl)cc2)c2ccc(Cl)cc2)CC1. The number of sulfonamides is 1. The third kappa shape index (κ3) is 6.98. The molecule has 1 fully saturated rings. The molecule has 1 aliphatic heterocycles. The minimum atomic E-state index is -3.53. The van der Waals surface area contributed by atoms with Gasteiger partial charge in [0.2, 0.25) is 10.0 Å². The largest absolute Gasteiger partial charge is 0.369 e. The number of halogens is 3. The maximum Gasteiger partial charge on any atom is 0.243 e. The van der Waals surface area contributed by atoms with E-state index >= 15 is 0 Å². The maximum atomic E-state index is 12.9. The predicted molar refractivity (Wildman–Crippen MR) is 142 cm³/mol. The van der Waals surface area contributed by atoms with E-state index in [1.165, 1.54) is 10.4 Å². The smallest absolute Gasteiger partial charge is 0.243 e. The summed E-state index contributed by atoms with van der Waals surface area (Å²) in [5.74, 6) is 0. The van der Waals surface area contributed by atoms with Crippen LogP contribution in [0.4, 0.5) is 0 Å². The van der Waals surface area contributed by atoms with Crippen molar-refractivity contribution in [2.75, 3.05) is 39.3 Å². The van der Waals surface area contributed by atoms with Gasteiger partial charge in [-0.15, -0.1) is 0 Å². The Balaban J connectivity index is 1.29. The number of benzene rings is 3. The van der Waals surface area contributed by atoms with E-state index in [0.717, 1.165) is 24.1 Å². The van der Waals surface area contributed by atoms with Gasteiger partial charge in [-0.25, -0.2) is 8.42 Å². The molecule has 4 rings (SSSR count). The van der Waals surface area contributed by atoms with Crippen molar-refractivity contribution in [3.8, 4) is 0 Å². The van der Waals surface area contributed by atoms with E-state index in [-0.39, 0.29) is 11.0 Å². The lowest BCUT2D eigenvalue weighted by Gasteiger charge is -2.34. The van der Waals surface area contributed by atoms with E-state index < -0.39 is 10.0 Å². The summed E-state index contributed by atoms with van der Waals surface area (Å²) in [5, 5.41) is 1.78. The van der Waals surface area contributed by atoms with Crippen molar-refractivity contribution in [1.82, 2.24) is 9.21 Å². The third-order valence-electron chi connectivity index (χ3n) is 6.01. The van der Waals surface area contributed by atoms with Crippen LogP contribution in [0.3, 0.4) is 0 Å². The number of hydrogen-bond donors (Lipinski definition) is 0. The Morgan fingerprint density at radius 3 is 1.89 bits per heavy atom. The first-order chi connectivity index (χ1) is 16.8. The van der Waals surface area contributed by atoms with Gasteiger partial charge in [0.25, 0.3) is 0 Å². The molecule has 0 aromatic heterocycles. The lowest BCUT2D eigenvalue weighted by molar-refractivity contribution is 0.0686. The van der Waals surface area contributed by atoms with Gasteiger partial charge >= 0.3 is 0 Å². The first-order valence-electron chi connectivity index (χ1n) is 11.4. The number of nitrogens with zero attached hydrogens (tertiary/aromatic N) is 2. The highest BCUT2D eigenvalue weighted by molar-refractivity contribution is 7.89. The molecule has 0 bridgehead atoms. The van der Waals surface area contributed by atoms with Gasteiger partial charge in [-0.2, -0.15) is 4.31 Å². The molecule has 0 amide bonds. The lowest BCUT2D eigenvalue weighted by atomic mass is 10.0. The van der Waals surface area contributed by atoms with Crippen LogP contribution < -0.4 is 0 Å². The second-order valence-electron chi connectivity index (χ2n) is 8.41. The second kappa shape index (κ2) is 12.1. The zero-order chi connectivity index (χ0) is 24.8. The van der Waals surface area contributed by atoms with Crippen molar-refractivity contribution >= 4 is 44.8 Å². The first-order valence-corrected chi connectivity index (χ1v) is 14.0. The quantitative estimate of drug-likeness (QED) is 0.298. The monoisotopic (exact) mass is 552 g/mol. The van der Waals surface area contributed by atoms with Gasteiger partial charge < -0.3 is 9.64 Å². The normalized spacial score (nSPS) is 15.5. The van der Waals surface area contributed by atoms with Crippen LogP contribution in [0.2, 0.25) is 15.1 Å². The van der Waals surface area contributed by atoms with Crippen LogP contribution in [0.5, 0.6) is 0 Å². The molecule has 1 heterocycles. The van der Waals surface area contributed by atoms with E-state index in [2.05, 4.69) is 4.90 Å². The summed E-state index contributed by atoms with van der Waals surface area (Å²) in [6.07, 6.45) is 0.614. The van der Waals surface area contributed by atoms with Crippen molar-refractivity contribution in [1.29, 1.82) is 0 Å². The minimum Gasteiger partial charge on any atom is -0.369 e. The Hall–Kier alpha value is -1.64. The van der Waals surface area contributed by atoms with E-state index in [4.69, 9.17) is 39.5 Å². The van der Waals surface area contributed by atoms with Gasteiger partial charge in [0.05, 0.1) is 4.90 Å². The van der Waals surface area contributed by atoms with Crippen molar-refractivity contribution in [2.24, 2.45) is 0 Å². The molecule has 186 valence electrons. The van der Waals surface area contributed by atoms with Crippen LogP contribution in [-0.2, 0) is 14.8 Å². The van der Waals surface area contributed by atoms with Gasteiger partial charge in [-0.05, 0) is 60.0 Å². The molecule has 35 heavy (non-hydrogen) atoms. The molecule has 9 heteroatoms. The number of piperazine rings is 1. The standard InChI is InChI=1S/C26H27Cl3N2O3S/c27-22-9-5-20(6-10-22)26(21-7-11-23(28)12-8-21)34-18-2-13-30-14-16-31(17-15-30)35(32,33)25-4-1-3-24(29)19-25/h1,3-12,19,26H,2,13-18H2. The Labute approximate surface area is 222 Å². The van der Waals surface area contributed by atoms with Gasteiger partial charge in [0, 0.05) is 54.4 Å². The summed E-state index contributed by atoms with van der Waals surface area (Å²) in [6, 6.07) is 21.8. The molecule has 1 saturated heterocycles. The van der Waals surface area contributed by atoms with E-state index in [0.29, 0.717) is 47.9 Å². The van der Waals surface area contributed by atoms with Crippen LogP contribution in [0.15, 0.2) is 77.7 Å². The van der Waals surface area contributed by atoms with Crippen LogP contribution in [0.25, 0.3) is 0 Å². The molecule has 3 aromatic carbocycles. The van der Waals surface area contributed by atoms with Crippen molar-refractivity contribution in [3.63, 3.8) is 0 Å². The molecule has 0 radical (unpaired) electrons. The van der Waals surface area contributed by atoms with Crippen LogP contribution >= 0.6 is 34.8 Å². The van der Waals surface area contributed by atoms with Crippen molar-refractivity contribution < 1.29 is 13.2 Å². The minimum absolute atomic E-state index is 0.218. The molecular formula is C26H27Cl3N2O3S. The molecule has 0 unspecified atom stereocenters. The van der Waals surface area contributed by atoms with Gasteiger partial charge in [0.1, 0.15) is 6.10 Å². The molecule has 0 atom stereocenters. The van der Waals surface area contributed by atoms with Gasteiger partial charge in [-0.3, -0.25) is 0 Å². The molecule has 5 nitrogen and oxygen atoms in total. The fourth-order valence-electron chi connectivity index (χ4n) is 4.12. The molecule has 3 aromatic rings. The zero-order valence-corrected chi connectivity index (χ0v) is 22.2. The zero-order valence-electron chi connectivity index (χ0n) is 19.1. The second-order valence-corrected chi connectivity index (χ2v) is 11.7. The average Bonchev–Trinajstić information content (AvgIpc) is 2.86. The molecular weight excluding hydrogens is 527 g/mol. The highest BCUT2D eigenvalue weighted by Crippen LogP contribution is 2.28. The van der Waals surface area contributed by atoms with Gasteiger partial charge in [-0.1, -0.05) is 65.1 Å². The Kier molecular flexibility index (Phi) is 9.11. The molecule has 0 N–H and O–H groups in total. The summed E-state index contributed by atoms with van der Waals surface area (Å²) in [5.41, 5.74) is 2.05. The molecule has 1 aliphatic rings. The third-order valence-corrected chi connectivity index (χ3v) is 8.65. The molecule has 0 spiro atoms. The van der Waals surface area contributed by atoms with Crippen LogP contribution in [-0.4, -0.2) is 57.0 Å². The summed E-state index contributed by atoms with van der Waals surface area (Å²) in [4.78, 5) is 2.51. The predicted octanol–water partition coefficient (Wildman–Crippen LogP) is 6.15. The number of hydrogen-bond acceptors (Lipinski definition) is 4. The number of rotatable bonds is 9. The van der Waals surface area contributed by atoms with Crippen molar-refractivity contribution in [3.05, 3.63) is 99.0 Å². The Bertz CT molecular complexity index is 1170. The van der Waals surface area contributed by atoms with E-state index in [1.807, 2.05) is 48.5 Å². The first kappa shape index (κ1) is 26.4. The van der Waals surface area contributed by atoms with E-state index in [1.54, 1.807) is 18.2 Å². The van der Waals surface area contributed by atoms with Crippen LogP contribution in [0, 0.1) is 0 Å². The topological polar surface area (TPSA) is 49.9 Å². The summed E-state index contributed by atoms with van der Waals surface area (Å²) < 4.78 is 33.6. The highest BCUT2D eigenvalue weighted by Gasteiger charge is 2.28. The Morgan fingerprint density at radius 1 is 0.771 bits per heavy atom. The number of ether oxygens (including phenoxy) is 1. The van der Waals surface area contributed by atoms with Crippen molar-refractivity contribution in [2.45, 2.75) is 17.4 Å². The summed E-state index contributed by atoms with van der Waals surface area (Å²) in [6.45, 7) is 3.66. The highest BCUT2D eigenvalue weighted by atomic mass is 35.5. The average molecular weight is 554 g/mol. The van der Waals surface area contributed by atoms with Crippen LogP contribution in [0.1, 0.15) is 23.7 Å². The fourth-order valence-corrected chi connectivity index (χ4v) is 6.09. The summed E-state index contributed by atoms with van der Waals surface area (Å²) >= 11 is 18.1. The Morgan fingerprint density at radius 2 is 1.34 bits per heavy atom. The maximum absolute atomic E-state index is 12.9. The lowest BCUT2D eigenvalue weighted by Crippen LogP contribution is -2.48. The summed E-state index contributed by atoms with van der Waals surface area (Å²) in [7, 11) is -3.53. The molecule has 0 aliphatic carbocycles. The molecule has 0 saturated carbocycles. The van der Waals surface area contributed by atoms with E-state index in [9.17, 15) is 8.42 Å². The fraction of sp³-hybridized carbons (Fsp3) is 0.308. The van der Waals surface area contributed by atoms with Gasteiger partial charge in [0.15, 0.2) is 0 Å².